The van der Waals surface area contributed by atoms with E-state index in [2.05, 4.69) is 28.4 Å². The standard InChI is InChI=1S/C25H23N3O3/c29-24-25(19-6-2-1-3-7-19,22-8-4-5-9-23(22)26-24)20-14-15-27(17-20)16-18-10-12-21(13-11-18)28(30)31/h1-13,20H,14-17H2,(H,26,29)/t20-,25?/m1/s1. The van der Waals surface area contributed by atoms with Crippen LogP contribution in [-0.2, 0) is 16.8 Å². The Morgan fingerprint density at radius 2 is 1.71 bits per heavy atom. The number of nitro groups is 1. The number of benzene rings is 3. The van der Waals surface area contributed by atoms with Crippen LogP contribution in [-0.4, -0.2) is 28.8 Å². The third-order valence-corrected chi connectivity index (χ3v) is 6.63. The maximum atomic E-state index is 13.5. The van der Waals surface area contributed by atoms with E-state index < -0.39 is 5.41 Å². The molecule has 2 aliphatic heterocycles. The molecule has 0 aliphatic carbocycles. The number of likely N-dealkylation sites (tertiary alicyclic amines) is 1. The van der Waals surface area contributed by atoms with Crippen LogP contribution in [0.25, 0.3) is 0 Å². The number of nitro benzene ring substituents is 1. The molecule has 0 aromatic heterocycles. The van der Waals surface area contributed by atoms with Crippen LogP contribution >= 0.6 is 0 Å². The maximum absolute atomic E-state index is 13.5. The van der Waals surface area contributed by atoms with Crippen LogP contribution < -0.4 is 5.32 Å². The molecule has 1 N–H and O–H groups in total. The zero-order valence-corrected chi connectivity index (χ0v) is 17.0. The molecule has 0 saturated carbocycles. The van der Waals surface area contributed by atoms with Gasteiger partial charge in [0.05, 0.1) is 4.92 Å². The van der Waals surface area contributed by atoms with Crippen molar-refractivity contribution >= 4 is 17.3 Å². The van der Waals surface area contributed by atoms with E-state index in [1.165, 1.54) is 0 Å². The molecule has 6 nitrogen and oxygen atoms in total. The van der Waals surface area contributed by atoms with Gasteiger partial charge in [-0.1, -0.05) is 60.7 Å². The molecule has 3 aromatic carbocycles. The van der Waals surface area contributed by atoms with Crippen LogP contribution in [0.2, 0.25) is 0 Å². The quantitative estimate of drug-likeness (QED) is 0.498. The molecule has 5 rings (SSSR count). The lowest BCUT2D eigenvalue weighted by Gasteiger charge is -2.34. The van der Waals surface area contributed by atoms with Crippen LogP contribution in [0.4, 0.5) is 11.4 Å². The minimum atomic E-state index is -0.706. The molecule has 31 heavy (non-hydrogen) atoms. The van der Waals surface area contributed by atoms with Crippen LogP contribution in [0, 0.1) is 16.0 Å². The number of fused-ring (bicyclic) bond motifs is 1. The third-order valence-electron chi connectivity index (χ3n) is 6.63. The molecule has 2 atom stereocenters. The van der Waals surface area contributed by atoms with E-state index in [9.17, 15) is 14.9 Å². The lowest BCUT2D eigenvalue weighted by Crippen LogP contribution is -2.44. The summed E-state index contributed by atoms with van der Waals surface area (Å²) in [5, 5.41) is 14.0. The fraction of sp³-hybridized carbons (Fsp3) is 0.240. The summed E-state index contributed by atoms with van der Waals surface area (Å²) in [4.78, 5) is 26.4. The van der Waals surface area contributed by atoms with Gasteiger partial charge < -0.3 is 5.32 Å². The molecule has 2 aliphatic rings. The molecule has 3 aromatic rings. The summed E-state index contributed by atoms with van der Waals surface area (Å²) in [6.07, 6.45) is 0.906. The Bertz CT molecular complexity index is 1130. The summed E-state index contributed by atoms with van der Waals surface area (Å²) < 4.78 is 0. The molecule has 1 saturated heterocycles. The van der Waals surface area contributed by atoms with Crippen molar-refractivity contribution in [2.24, 2.45) is 5.92 Å². The zero-order valence-electron chi connectivity index (χ0n) is 17.0. The molecule has 6 heteroatoms. The summed E-state index contributed by atoms with van der Waals surface area (Å²) >= 11 is 0. The first kappa shape index (κ1) is 19.5. The van der Waals surface area contributed by atoms with Gasteiger partial charge in [-0.15, -0.1) is 0 Å². The van der Waals surface area contributed by atoms with Crippen molar-refractivity contribution in [3.63, 3.8) is 0 Å². The SMILES string of the molecule is O=C1Nc2ccccc2C1(c1ccccc1)[C@@H]1CCN(Cc2ccc([N+](=O)[O-])cc2)C1. The molecule has 0 radical (unpaired) electrons. The first-order valence-electron chi connectivity index (χ1n) is 10.5. The topological polar surface area (TPSA) is 75.5 Å². The lowest BCUT2D eigenvalue weighted by molar-refractivity contribution is -0.384. The smallest absolute Gasteiger partial charge is 0.269 e. The van der Waals surface area contributed by atoms with Gasteiger partial charge in [-0.3, -0.25) is 19.8 Å². The number of carbonyl (C=O) groups is 1. The van der Waals surface area contributed by atoms with E-state index in [4.69, 9.17) is 0 Å². The molecular formula is C25H23N3O3. The number of nitrogens with zero attached hydrogens (tertiary/aromatic N) is 2. The Kier molecular flexibility index (Phi) is 4.79. The van der Waals surface area contributed by atoms with Crippen LogP contribution in [0.1, 0.15) is 23.1 Å². The molecule has 0 bridgehead atoms. The van der Waals surface area contributed by atoms with Gasteiger partial charge in [0.2, 0.25) is 5.91 Å². The summed E-state index contributed by atoms with van der Waals surface area (Å²) in [6, 6.07) is 24.8. The number of hydrogen-bond acceptors (Lipinski definition) is 4. The predicted molar refractivity (Wildman–Crippen MR) is 119 cm³/mol. The highest BCUT2D eigenvalue weighted by Crippen LogP contribution is 2.50. The number of rotatable bonds is 5. The van der Waals surface area contributed by atoms with Crippen molar-refractivity contribution < 1.29 is 9.72 Å². The third kappa shape index (κ3) is 3.20. The first-order valence-corrected chi connectivity index (χ1v) is 10.5. The molecule has 156 valence electrons. The normalized spacial score (nSPS) is 22.8. The van der Waals surface area contributed by atoms with Gasteiger partial charge in [0.25, 0.3) is 5.69 Å². The molecule has 1 fully saturated rings. The van der Waals surface area contributed by atoms with Gasteiger partial charge in [0.15, 0.2) is 0 Å². The van der Waals surface area contributed by atoms with Gasteiger partial charge in [0, 0.05) is 30.9 Å². The van der Waals surface area contributed by atoms with E-state index in [0.717, 1.165) is 41.9 Å². The van der Waals surface area contributed by atoms with Crippen LogP contribution in [0.15, 0.2) is 78.9 Å². The summed E-state index contributed by atoms with van der Waals surface area (Å²) in [5.41, 5.74) is 3.40. The minimum Gasteiger partial charge on any atom is -0.325 e. The summed E-state index contributed by atoms with van der Waals surface area (Å²) in [6.45, 7) is 2.38. The zero-order chi connectivity index (χ0) is 21.4. The number of non-ortho nitro benzene ring substituents is 1. The van der Waals surface area contributed by atoms with Crippen molar-refractivity contribution in [1.82, 2.24) is 4.90 Å². The molecule has 1 amide bonds. The van der Waals surface area contributed by atoms with Gasteiger partial charge in [-0.25, -0.2) is 0 Å². The van der Waals surface area contributed by atoms with Crippen LogP contribution in [0.5, 0.6) is 0 Å². The number of para-hydroxylation sites is 1. The van der Waals surface area contributed by atoms with Crippen molar-refractivity contribution in [3.8, 4) is 0 Å². The second-order valence-electron chi connectivity index (χ2n) is 8.32. The first-order chi connectivity index (χ1) is 15.1. The number of carbonyl (C=O) groups excluding carboxylic acids is 1. The number of amides is 1. The molecule has 1 unspecified atom stereocenters. The highest BCUT2D eigenvalue weighted by atomic mass is 16.6. The van der Waals surface area contributed by atoms with Gasteiger partial charge in [0.1, 0.15) is 5.41 Å². The lowest BCUT2D eigenvalue weighted by atomic mass is 9.66. The number of nitrogens with one attached hydrogen (secondary N) is 1. The largest absolute Gasteiger partial charge is 0.325 e. The Labute approximate surface area is 180 Å². The van der Waals surface area contributed by atoms with Crippen molar-refractivity contribution in [2.75, 3.05) is 18.4 Å². The number of anilines is 1. The van der Waals surface area contributed by atoms with Crippen molar-refractivity contribution in [1.29, 1.82) is 0 Å². The fourth-order valence-electron chi connectivity index (χ4n) is 5.22. The summed E-state index contributed by atoms with van der Waals surface area (Å²) in [7, 11) is 0. The van der Waals surface area contributed by atoms with Gasteiger partial charge in [-0.05, 0) is 41.6 Å². The van der Waals surface area contributed by atoms with E-state index in [1.54, 1.807) is 12.1 Å². The second-order valence-corrected chi connectivity index (χ2v) is 8.32. The second kappa shape index (κ2) is 7.63. The van der Waals surface area contributed by atoms with E-state index in [0.29, 0.717) is 6.54 Å². The Morgan fingerprint density at radius 3 is 2.45 bits per heavy atom. The Balaban J connectivity index is 1.46. The average Bonchev–Trinajstić information content (AvgIpc) is 3.36. The van der Waals surface area contributed by atoms with Gasteiger partial charge >= 0.3 is 0 Å². The molecule has 0 spiro atoms. The van der Waals surface area contributed by atoms with Crippen LogP contribution in [0.3, 0.4) is 0 Å². The molecule has 2 heterocycles. The van der Waals surface area contributed by atoms with Crippen molar-refractivity contribution in [3.05, 3.63) is 106 Å². The minimum absolute atomic E-state index is 0.0436. The predicted octanol–water partition coefficient (Wildman–Crippen LogP) is 4.36. The Hall–Kier alpha value is -3.51. The van der Waals surface area contributed by atoms with E-state index >= 15 is 0 Å². The van der Waals surface area contributed by atoms with E-state index in [1.807, 2.05) is 48.5 Å². The average molecular weight is 413 g/mol. The Morgan fingerprint density at radius 1 is 1.00 bits per heavy atom. The van der Waals surface area contributed by atoms with Crippen molar-refractivity contribution in [2.45, 2.75) is 18.4 Å². The monoisotopic (exact) mass is 413 g/mol. The maximum Gasteiger partial charge on any atom is 0.269 e. The summed E-state index contributed by atoms with van der Waals surface area (Å²) in [5.74, 6) is 0.179. The molecular weight excluding hydrogens is 390 g/mol. The van der Waals surface area contributed by atoms with E-state index in [-0.39, 0.29) is 22.4 Å². The highest BCUT2D eigenvalue weighted by molar-refractivity contribution is 6.09. The number of hydrogen-bond donors (Lipinski definition) is 1. The highest BCUT2D eigenvalue weighted by Gasteiger charge is 2.54. The fourth-order valence-corrected chi connectivity index (χ4v) is 5.22. The van der Waals surface area contributed by atoms with Gasteiger partial charge in [-0.2, -0.15) is 0 Å².